The van der Waals surface area contributed by atoms with Gasteiger partial charge in [0.15, 0.2) is 0 Å². The third kappa shape index (κ3) is 2.43. The van der Waals surface area contributed by atoms with Gasteiger partial charge in [-0.05, 0) is 18.2 Å². The monoisotopic (exact) mass is 238 g/mol. The van der Waals surface area contributed by atoms with Crippen molar-refractivity contribution in [2.75, 3.05) is 0 Å². The molecule has 76 valence electrons. The zero-order valence-electron chi connectivity index (χ0n) is 6.57. The highest BCUT2D eigenvalue weighted by Gasteiger charge is 2.15. The highest BCUT2D eigenvalue weighted by atomic mass is 35.7. The molecule has 1 N–H and O–H groups in total. The van der Waals surface area contributed by atoms with Crippen LogP contribution in [0.25, 0.3) is 0 Å². The smallest absolute Gasteiger partial charge is 0.335 e. The fourth-order valence-corrected chi connectivity index (χ4v) is 1.62. The van der Waals surface area contributed by atoms with Gasteiger partial charge in [0.2, 0.25) is 0 Å². The molecule has 0 aliphatic heterocycles. The first-order chi connectivity index (χ1) is 6.30. The van der Waals surface area contributed by atoms with Crippen LogP contribution in [0, 0.1) is 5.82 Å². The summed E-state index contributed by atoms with van der Waals surface area (Å²) in [5, 5.41) is 8.49. The van der Waals surface area contributed by atoms with E-state index in [4.69, 9.17) is 15.8 Å². The van der Waals surface area contributed by atoms with Crippen molar-refractivity contribution >= 4 is 25.7 Å². The summed E-state index contributed by atoms with van der Waals surface area (Å²) in [5.41, 5.74) is -0.468. The highest BCUT2D eigenvalue weighted by Crippen LogP contribution is 2.18. The molecule has 0 radical (unpaired) electrons. The van der Waals surface area contributed by atoms with E-state index in [1.807, 2.05) is 0 Å². The Morgan fingerprint density at radius 3 is 2.36 bits per heavy atom. The Bertz CT molecular complexity index is 482. The Morgan fingerprint density at radius 2 is 1.93 bits per heavy atom. The van der Waals surface area contributed by atoms with Crippen LogP contribution in [0.4, 0.5) is 4.39 Å². The molecule has 0 aromatic heterocycles. The van der Waals surface area contributed by atoms with Gasteiger partial charge in [-0.15, -0.1) is 0 Å². The minimum absolute atomic E-state index is 0.468. The van der Waals surface area contributed by atoms with Crippen molar-refractivity contribution in [3.05, 3.63) is 29.6 Å². The maximum Gasteiger partial charge on any atom is 0.335 e. The molecule has 1 aromatic rings. The molecule has 0 aliphatic carbocycles. The summed E-state index contributed by atoms with van der Waals surface area (Å²) >= 11 is 0. The Balaban J connectivity index is 3.43. The Morgan fingerprint density at radius 1 is 1.36 bits per heavy atom. The van der Waals surface area contributed by atoms with Gasteiger partial charge in [0, 0.05) is 10.7 Å². The lowest BCUT2D eigenvalue weighted by Crippen LogP contribution is -2.00. The van der Waals surface area contributed by atoms with Gasteiger partial charge in [0.1, 0.15) is 5.82 Å². The van der Waals surface area contributed by atoms with Crippen molar-refractivity contribution < 1.29 is 22.7 Å². The normalized spacial score (nSPS) is 11.3. The fourth-order valence-electron chi connectivity index (χ4n) is 0.827. The second kappa shape index (κ2) is 3.55. The van der Waals surface area contributed by atoms with Gasteiger partial charge >= 0.3 is 5.97 Å². The number of hydrogen-bond acceptors (Lipinski definition) is 3. The molecule has 0 fully saturated rings. The molecule has 0 saturated heterocycles. The zero-order valence-corrected chi connectivity index (χ0v) is 8.14. The van der Waals surface area contributed by atoms with E-state index in [0.29, 0.717) is 12.1 Å². The van der Waals surface area contributed by atoms with Crippen molar-refractivity contribution in [2.24, 2.45) is 0 Å². The van der Waals surface area contributed by atoms with Crippen LogP contribution >= 0.6 is 10.7 Å². The van der Waals surface area contributed by atoms with Gasteiger partial charge in [-0.3, -0.25) is 0 Å². The molecular formula is C7H4ClFO4S. The number of halogens is 2. The summed E-state index contributed by atoms with van der Waals surface area (Å²) in [6.07, 6.45) is 0. The largest absolute Gasteiger partial charge is 0.478 e. The molecule has 7 heteroatoms. The first-order valence-corrected chi connectivity index (χ1v) is 5.60. The van der Waals surface area contributed by atoms with Gasteiger partial charge in [-0.25, -0.2) is 17.6 Å². The van der Waals surface area contributed by atoms with Crippen LogP contribution in [0.1, 0.15) is 10.4 Å². The van der Waals surface area contributed by atoms with Gasteiger partial charge in [-0.1, -0.05) is 0 Å². The van der Waals surface area contributed by atoms with Crippen molar-refractivity contribution in [3.8, 4) is 0 Å². The Kier molecular flexibility index (Phi) is 2.77. The average molecular weight is 239 g/mol. The van der Waals surface area contributed by atoms with Crippen LogP contribution in [0.5, 0.6) is 0 Å². The molecule has 0 atom stereocenters. The van der Waals surface area contributed by atoms with E-state index in [-0.39, 0.29) is 0 Å². The van der Waals surface area contributed by atoms with E-state index in [9.17, 15) is 17.6 Å². The van der Waals surface area contributed by atoms with E-state index in [0.717, 1.165) is 6.07 Å². The summed E-state index contributed by atoms with van der Waals surface area (Å²) in [5.74, 6) is -2.39. The minimum Gasteiger partial charge on any atom is -0.478 e. The second-order valence-electron chi connectivity index (χ2n) is 2.42. The number of hydrogen-bond donors (Lipinski definition) is 1. The number of aromatic carboxylic acids is 1. The lowest BCUT2D eigenvalue weighted by molar-refractivity contribution is 0.0696. The zero-order chi connectivity index (χ0) is 10.9. The number of benzene rings is 1. The predicted molar refractivity (Wildman–Crippen MR) is 46.4 cm³/mol. The van der Waals surface area contributed by atoms with E-state index in [2.05, 4.69) is 0 Å². The lowest BCUT2D eigenvalue weighted by Gasteiger charge is -1.99. The molecule has 0 spiro atoms. The third-order valence-corrected chi connectivity index (χ3v) is 2.73. The summed E-state index contributed by atoms with van der Waals surface area (Å²) < 4.78 is 34.3. The number of carboxylic acids is 1. The van der Waals surface area contributed by atoms with Gasteiger partial charge in [0.05, 0.1) is 10.5 Å². The standard InChI is InChI=1S/C7H4ClFO4S/c8-14(12,13)6-2-4(7(10)11)1-5(9)3-6/h1-3H,(H,10,11). The van der Waals surface area contributed by atoms with Crippen LogP contribution in [0.2, 0.25) is 0 Å². The SMILES string of the molecule is O=C(O)c1cc(F)cc(S(=O)(=O)Cl)c1. The third-order valence-electron chi connectivity index (χ3n) is 1.40. The molecule has 1 aromatic carbocycles. The van der Waals surface area contributed by atoms with Gasteiger partial charge < -0.3 is 5.11 Å². The second-order valence-corrected chi connectivity index (χ2v) is 4.98. The van der Waals surface area contributed by atoms with Gasteiger partial charge in [0.25, 0.3) is 9.05 Å². The first-order valence-electron chi connectivity index (χ1n) is 3.29. The maximum absolute atomic E-state index is 12.7. The number of carbonyl (C=O) groups is 1. The van der Waals surface area contributed by atoms with Crippen LogP contribution in [0.3, 0.4) is 0 Å². The maximum atomic E-state index is 12.7. The quantitative estimate of drug-likeness (QED) is 0.792. The molecule has 0 amide bonds. The topological polar surface area (TPSA) is 71.4 Å². The van der Waals surface area contributed by atoms with E-state index in [1.54, 1.807) is 0 Å². The molecule has 0 heterocycles. The number of rotatable bonds is 2. The van der Waals surface area contributed by atoms with Crippen molar-refractivity contribution in [1.82, 2.24) is 0 Å². The molecule has 4 nitrogen and oxygen atoms in total. The van der Waals surface area contributed by atoms with Crippen LogP contribution in [0.15, 0.2) is 23.1 Å². The summed E-state index contributed by atoms with van der Waals surface area (Å²) in [6.45, 7) is 0. The number of carboxylic acid groups (broad SMARTS) is 1. The summed E-state index contributed by atoms with van der Waals surface area (Å²) in [4.78, 5) is 9.86. The van der Waals surface area contributed by atoms with Crippen molar-refractivity contribution in [2.45, 2.75) is 4.90 Å². The van der Waals surface area contributed by atoms with Crippen molar-refractivity contribution in [3.63, 3.8) is 0 Å². The summed E-state index contributed by atoms with van der Waals surface area (Å²) in [7, 11) is 0.807. The Hall–Kier alpha value is -1.14. The predicted octanol–water partition coefficient (Wildman–Crippen LogP) is 1.45. The van der Waals surface area contributed by atoms with Gasteiger partial charge in [-0.2, -0.15) is 0 Å². The molecule has 1 rings (SSSR count). The molecular weight excluding hydrogens is 235 g/mol. The minimum atomic E-state index is -4.11. The molecule has 0 aliphatic rings. The van der Waals surface area contributed by atoms with E-state index in [1.165, 1.54) is 0 Å². The summed E-state index contributed by atoms with van der Waals surface area (Å²) in [6, 6.07) is 2.14. The van der Waals surface area contributed by atoms with E-state index >= 15 is 0 Å². The highest BCUT2D eigenvalue weighted by molar-refractivity contribution is 8.13. The fraction of sp³-hybridized carbons (Fsp3) is 0. The van der Waals surface area contributed by atoms with Crippen LogP contribution in [-0.4, -0.2) is 19.5 Å². The van der Waals surface area contributed by atoms with Crippen LogP contribution in [-0.2, 0) is 9.05 Å². The average Bonchev–Trinajstić information content (AvgIpc) is 2.01. The van der Waals surface area contributed by atoms with Crippen molar-refractivity contribution in [1.29, 1.82) is 0 Å². The first kappa shape index (κ1) is 10.9. The molecule has 0 unspecified atom stereocenters. The molecule has 0 saturated carbocycles. The molecule has 14 heavy (non-hydrogen) atoms. The Labute approximate surface area is 83.4 Å². The lowest BCUT2D eigenvalue weighted by atomic mass is 10.2. The van der Waals surface area contributed by atoms with E-state index < -0.39 is 31.3 Å². The van der Waals surface area contributed by atoms with Crippen LogP contribution < -0.4 is 0 Å². The molecule has 0 bridgehead atoms.